The van der Waals surface area contributed by atoms with Crippen LogP contribution in [0.2, 0.25) is 0 Å². The third-order valence-corrected chi connectivity index (χ3v) is 3.53. The first-order valence-corrected chi connectivity index (χ1v) is 5.79. The summed E-state index contributed by atoms with van der Waals surface area (Å²) in [5.74, 6) is 1.76. The van der Waals surface area contributed by atoms with Gasteiger partial charge in [-0.2, -0.15) is 0 Å². The van der Waals surface area contributed by atoms with E-state index in [0.29, 0.717) is 17.6 Å². The van der Waals surface area contributed by atoms with Crippen LogP contribution in [0.15, 0.2) is 24.0 Å². The lowest BCUT2D eigenvalue weighted by Gasteiger charge is -2.40. The lowest BCUT2D eigenvalue weighted by atomic mass is 9.65. The molecule has 0 bridgehead atoms. The zero-order valence-electron chi connectivity index (χ0n) is 10.7. The van der Waals surface area contributed by atoms with Crippen molar-refractivity contribution in [2.75, 3.05) is 0 Å². The van der Waals surface area contributed by atoms with Gasteiger partial charge in [0, 0.05) is 5.92 Å². The molecule has 0 aliphatic heterocycles. The van der Waals surface area contributed by atoms with Crippen LogP contribution in [-0.4, -0.2) is 5.11 Å². The molecule has 0 spiro atoms. The molecule has 0 aromatic heterocycles. The molecule has 3 atom stereocenters. The van der Waals surface area contributed by atoms with E-state index >= 15 is 0 Å². The van der Waals surface area contributed by atoms with Crippen LogP contribution in [0.1, 0.15) is 41.0 Å². The van der Waals surface area contributed by atoms with Gasteiger partial charge in [-0.05, 0) is 36.7 Å². The van der Waals surface area contributed by atoms with Crippen molar-refractivity contribution < 1.29 is 5.11 Å². The van der Waals surface area contributed by atoms with Gasteiger partial charge in [0.2, 0.25) is 0 Å². The number of allylic oxidation sites excluding steroid dienone is 3. The number of aliphatic hydroxyl groups is 1. The molecule has 0 aromatic carbocycles. The van der Waals surface area contributed by atoms with Crippen LogP contribution in [0.5, 0.6) is 0 Å². The first kappa shape index (κ1) is 12.4. The molecule has 15 heavy (non-hydrogen) atoms. The summed E-state index contributed by atoms with van der Waals surface area (Å²) in [6.45, 7) is 15.0. The molecular formula is C14H24O. The molecule has 0 saturated heterocycles. The zero-order valence-corrected chi connectivity index (χ0v) is 10.7. The highest BCUT2D eigenvalue weighted by atomic mass is 16.3. The van der Waals surface area contributed by atoms with Crippen molar-refractivity contribution in [3.8, 4) is 0 Å². The van der Waals surface area contributed by atoms with E-state index in [1.807, 2.05) is 6.08 Å². The van der Waals surface area contributed by atoms with E-state index in [2.05, 4.69) is 41.2 Å². The summed E-state index contributed by atoms with van der Waals surface area (Å²) in [5.41, 5.74) is 1.43. The Morgan fingerprint density at radius 3 is 2.40 bits per heavy atom. The van der Waals surface area contributed by atoms with Crippen molar-refractivity contribution in [3.05, 3.63) is 24.0 Å². The number of aliphatic hydroxyl groups excluding tert-OH is 1. The van der Waals surface area contributed by atoms with E-state index in [4.69, 9.17) is 0 Å². The van der Waals surface area contributed by atoms with E-state index in [1.165, 1.54) is 5.57 Å². The molecule has 1 aliphatic carbocycles. The predicted molar refractivity (Wildman–Crippen MR) is 65.7 cm³/mol. The normalized spacial score (nSPS) is 32.3. The van der Waals surface area contributed by atoms with E-state index in [1.54, 1.807) is 0 Å². The minimum Gasteiger partial charge on any atom is -0.512 e. The molecular weight excluding hydrogens is 184 g/mol. The van der Waals surface area contributed by atoms with Crippen LogP contribution in [0.3, 0.4) is 0 Å². The maximum absolute atomic E-state index is 9.84. The molecule has 1 heteroatoms. The van der Waals surface area contributed by atoms with Gasteiger partial charge in [0.1, 0.15) is 0 Å². The first-order chi connectivity index (χ1) is 6.73. The highest BCUT2D eigenvalue weighted by molar-refractivity contribution is 5.15. The average molecular weight is 208 g/mol. The van der Waals surface area contributed by atoms with Gasteiger partial charge >= 0.3 is 0 Å². The van der Waals surface area contributed by atoms with Crippen LogP contribution in [-0.2, 0) is 0 Å². The fraction of sp³-hybridized carbons (Fsp3) is 0.714. The molecule has 1 aliphatic rings. The average Bonchev–Trinajstić information content (AvgIpc) is 2.06. The standard InChI is InChI=1S/C14H24O/c1-9(2)11-7-10(3)13(15)8-12(11)14(4,5)6/h8,10-12,15H,1,7H2,2-6H3. The molecule has 86 valence electrons. The summed E-state index contributed by atoms with van der Waals surface area (Å²) >= 11 is 0. The van der Waals surface area contributed by atoms with Gasteiger partial charge in [-0.15, -0.1) is 0 Å². The number of hydrogen-bond acceptors (Lipinski definition) is 1. The summed E-state index contributed by atoms with van der Waals surface area (Å²) in [4.78, 5) is 0. The highest BCUT2D eigenvalue weighted by Crippen LogP contribution is 2.44. The molecule has 3 unspecified atom stereocenters. The van der Waals surface area contributed by atoms with E-state index in [9.17, 15) is 5.11 Å². The van der Waals surface area contributed by atoms with Crippen molar-refractivity contribution in [1.29, 1.82) is 0 Å². The third-order valence-electron chi connectivity index (χ3n) is 3.53. The quantitative estimate of drug-likeness (QED) is 0.636. The van der Waals surface area contributed by atoms with Crippen molar-refractivity contribution >= 4 is 0 Å². The largest absolute Gasteiger partial charge is 0.512 e. The Labute approximate surface area is 93.9 Å². The Morgan fingerprint density at radius 2 is 2.00 bits per heavy atom. The van der Waals surface area contributed by atoms with Crippen molar-refractivity contribution in [2.45, 2.75) is 41.0 Å². The molecule has 1 rings (SSSR count). The second kappa shape index (κ2) is 4.03. The smallest absolute Gasteiger partial charge is 0.0914 e. The van der Waals surface area contributed by atoms with Gasteiger partial charge in [-0.3, -0.25) is 0 Å². The Hall–Kier alpha value is -0.720. The van der Waals surface area contributed by atoms with Gasteiger partial charge in [-0.25, -0.2) is 0 Å². The van der Waals surface area contributed by atoms with E-state index < -0.39 is 0 Å². The fourth-order valence-electron chi connectivity index (χ4n) is 2.47. The van der Waals surface area contributed by atoms with Crippen molar-refractivity contribution in [1.82, 2.24) is 0 Å². The summed E-state index contributed by atoms with van der Waals surface area (Å²) in [7, 11) is 0. The van der Waals surface area contributed by atoms with Gasteiger partial charge in [0.15, 0.2) is 0 Å². The zero-order chi connectivity index (χ0) is 11.8. The van der Waals surface area contributed by atoms with Crippen LogP contribution in [0, 0.1) is 23.2 Å². The lowest BCUT2D eigenvalue weighted by Crippen LogP contribution is -2.32. The monoisotopic (exact) mass is 208 g/mol. The van der Waals surface area contributed by atoms with E-state index in [-0.39, 0.29) is 11.3 Å². The number of hydrogen-bond donors (Lipinski definition) is 1. The molecule has 0 radical (unpaired) electrons. The second-order valence-corrected chi connectivity index (χ2v) is 6.07. The molecule has 1 N–H and O–H groups in total. The number of rotatable bonds is 1. The van der Waals surface area contributed by atoms with Gasteiger partial charge in [0.25, 0.3) is 0 Å². The maximum atomic E-state index is 9.84. The Balaban J connectivity index is 3.03. The Bertz CT molecular complexity index is 280. The molecule has 0 aromatic rings. The molecule has 0 saturated carbocycles. The van der Waals surface area contributed by atoms with Crippen molar-refractivity contribution in [2.24, 2.45) is 23.2 Å². The van der Waals surface area contributed by atoms with Crippen molar-refractivity contribution in [3.63, 3.8) is 0 Å². The summed E-state index contributed by atoms with van der Waals surface area (Å²) in [6.07, 6.45) is 3.08. The third kappa shape index (κ3) is 2.64. The lowest BCUT2D eigenvalue weighted by molar-refractivity contribution is 0.167. The summed E-state index contributed by atoms with van der Waals surface area (Å²) in [5, 5.41) is 9.84. The van der Waals surface area contributed by atoms with Crippen LogP contribution in [0.4, 0.5) is 0 Å². The van der Waals surface area contributed by atoms with Gasteiger partial charge in [-0.1, -0.05) is 39.8 Å². The topological polar surface area (TPSA) is 20.2 Å². The van der Waals surface area contributed by atoms with Crippen LogP contribution < -0.4 is 0 Å². The van der Waals surface area contributed by atoms with Gasteiger partial charge in [0.05, 0.1) is 5.76 Å². The summed E-state index contributed by atoms with van der Waals surface area (Å²) in [6, 6.07) is 0. The molecule has 1 nitrogen and oxygen atoms in total. The van der Waals surface area contributed by atoms with E-state index in [0.717, 1.165) is 6.42 Å². The highest BCUT2D eigenvalue weighted by Gasteiger charge is 2.36. The second-order valence-electron chi connectivity index (χ2n) is 6.07. The molecule has 0 heterocycles. The van der Waals surface area contributed by atoms with Crippen LogP contribution >= 0.6 is 0 Å². The van der Waals surface area contributed by atoms with Gasteiger partial charge < -0.3 is 5.11 Å². The first-order valence-electron chi connectivity index (χ1n) is 5.79. The minimum atomic E-state index is 0.192. The molecule has 0 fully saturated rings. The summed E-state index contributed by atoms with van der Waals surface area (Å²) < 4.78 is 0. The maximum Gasteiger partial charge on any atom is 0.0914 e. The predicted octanol–water partition coefficient (Wildman–Crippen LogP) is 4.32. The fourth-order valence-corrected chi connectivity index (χ4v) is 2.47. The minimum absolute atomic E-state index is 0.192. The molecule has 0 amide bonds. The Morgan fingerprint density at radius 1 is 1.47 bits per heavy atom. The van der Waals surface area contributed by atoms with Crippen LogP contribution in [0.25, 0.3) is 0 Å². The SMILES string of the molecule is C=C(C)C1CC(C)C(O)=CC1C(C)(C)C. The Kier molecular flexibility index (Phi) is 3.32.